The lowest BCUT2D eigenvalue weighted by Crippen LogP contribution is -2.09. The molecule has 1 aromatic carbocycles. The number of rotatable bonds is 1. The zero-order valence-corrected chi connectivity index (χ0v) is 7.04. The SMILES string of the molecule is CNc1cc(F)c(C(F)(F)F)cc1F. The molecule has 78 valence electrons. The van der Waals surface area contributed by atoms with Crippen molar-refractivity contribution in [2.24, 2.45) is 0 Å². The third-order valence-electron chi connectivity index (χ3n) is 1.63. The van der Waals surface area contributed by atoms with Crippen LogP contribution < -0.4 is 5.32 Å². The highest BCUT2D eigenvalue weighted by molar-refractivity contribution is 5.46. The first-order chi connectivity index (χ1) is 6.36. The fourth-order valence-electron chi connectivity index (χ4n) is 0.956. The number of nitrogens with one attached hydrogen (secondary N) is 1. The molecule has 6 heteroatoms. The molecular formula is C8H6F5N. The minimum atomic E-state index is -4.88. The van der Waals surface area contributed by atoms with Crippen molar-refractivity contribution in [2.75, 3.05) is 12.4 Å². The van der Waals surface area contributed by atoms with Gasteiger partial charge in [0.1, 0.15) is 11.6 Å². The van der Waals surface area contributed by atoms with Crippen LogP contribution in [0.25, 0.3) is 0 Å². The number of anilines is 1. The standard InChI is InChI=1S/C8H6F5N/c1-14-7-3-5(9)4(2-6(7)10)8(11,12)13/h2-3,14H,1H3. The smallest absolute Gasteiger partial charge is 0.386 e. The first kappa shape index (κ1) is 10.7. The molecule has 0 radical (unpaired) electrons. The molecule has 1 nitrogen and oxygen atoms in total. The number of hydrogen-bond donors (Lipinski definition) is 1. The summed E-state index contributed by atoms with van der Waals surface area (Å²) in [6.45, 7) is 0. The molecule has 0 amide bonds. The molecular weight excluding hydrogens is 205 g/mol. The molecule has 1 aromatic rings. The highest BCUT2D eigenvalue weighted by atomic mass is 19.4. The molecule has 0 fully saturated rings. The summed E-state index contributed by atoms with van der Waals surface area (Å²) in [4.78, 5) is 0. The molecule has 1 rings (SSSR count). The summed E-state index contributed by atoms with van der Waals surface area (Å²) in [6, 6.07) is 0.597. The summed E-state index contributed by atoms with van der Waals surface area (Å²) < 4.78 is 61.7. The molecule has 0 spiro atoms. The minimum absolute atomic E-state index is 0.126. The summed E-state index contributed by atoms with van der Waals surface area (Å²) >= 11 is 0. The quantitative estimate of drug-likeness (QED) is 0.704. The van der Waals surface area contributed by atoms with E-state index in [0.717, 1.165) is 0 Å². The van der Waals surface area contributed by atoms with Gasteiger partial charge in [-0.25, -0.2) is 8.78 Å². The van der Waals surface area contributed by atoms with Crippen LogP contribution in [0, 0.1) is 11.6 Å². The average Bonchev–Trinajstić information content (AvgIpc) is 2.06. The molecule has 0 unspecified atom stereocenters. The fourth-order valence-corrected chi connectivity index (χ4v) is 0.956. The molecule has 0 atom stereocenters. The number of halogens is 5. The summed E-state index contributed by atoms with van der Waals surface area (Å²) in [5.41, 5.74) is -1.91. The lowest BCUT2D eigenvalue weighted by Gasteiger charge is -2.10. The molecule has 0 saturated carbocycles. The van der Waals surface area contributed by atoms with Crippen molar-refractivity contribution in [1.82, 2.24) is 0 Å². The van der Waals surface area contributed by atoms with Gasteiger partial charge in [0.05, 0.1) is 11.3 Å². The van der Waals surface area contributed by atoms with Gasteiger partial charge in [-0.1, -0.05) is 0 Å². The highest BCUT2D eigenvalue weighted by Crippen LogP contribution is 2.33. The largest absolute Gasteiger partial charge is 0.419 e. The summed E-state index contributed by atoms with van der Waals surface area (Å²) in [5.74, 6) is -2.63. The van der Waals surface area contributed by atoms with Gasteiger partial charge in [0.15, 0.2) is 0 Å². The van der Waals surface area contributed by atoms with E-state index in [9.17, 15) is 22.0 Å². The molecule has 0 aliphatic carbocycles. The summed E-state index contributed by atoms with van der Waals surface area (Å²) in [6.07, 6.45) is -4.88. The van der Waals surface area contributed by atoms with Crippen molar-refractivity contribution in [1.29, 1.82) is 0 Å². The second kappa shape index (κ2) is 3.43. The third kappa shape index (κ3) is 1.94. The predicted molar refractivity (Wildman–Crippen MR) is 40.9 cm³/mol. The average molecular weight is 211 g/mol. The van der Waals surface area contributed by atoms with Crippen LogP contribution >= 0.6 is 0 Å². The maximum absolute atomic E-state index is 12.8. The van der Waals surface area contributed by atoms with E-state index in [1.54, 1.807) is 0 Å². The van der Waals surface area contributed by atoms with Crippen molar-refractivity contribution >= 4 is 5.69 Å². The van der Waals surface area contributed by atoms with Crippen molar-refractivity contribution in [2.45, 2.75) is 6.18 Å². The van der Waals surface area contributed by atoms with Gasteiger partial charge in [0.2, 0.25) is 0 Å². The van der Waals surface area contributed by atoms with Gasteiger partial charge in [-0.3, -0.25) is 0 Å². The van der Waals surface area contributed by atoms with Gasteiger partial charge in [-0.15, -0.1) is 0 Å². The maximum atomic E-state index is 12.8. The van der Waals surface area contributed by atoms with Crippen molar-refractivity contribution < 1.29 is 22.0 Å². The Balaban J connectivity index is 3.29. The second-order valence-corrected chi connectivity index (χ2v) is 2.56. The van der Waals surface area contributed by atoms with Crippen molar-refractivity contribution in [3.63, 3.8) is 0 Å². The third-order valence-corrected chi connectivity index (χ3v) is 1.63. The Morgan fingerprint density at radius 1 is 1.07 bits per heavy atom. The van der Waals surface area contributed by atoms with Gasteiger partial charge < -0.3 is 5.32 Å². The first-order valence-electron chi connectivity index (χ1n) is 3.60. The van der Waals surface area contributed by atoms with E-state index in [0.29, 0.717) is 6.07 Å². The minimum Gasteiger partial charge on any atom is -0.386 e. The molecule has 0 aromatic heterocycles. The highest BCUT2D eigenvalue weighted by Gasteiger charge is 2.35. The lowest BCUT2D eigenvalue weighted by molar-refractivity contribution is -0.140. The topological polar surface area (TPSA) is 12.0 Å². The first-order valence-corrected chi connectivity index (χ1v) is 3.60. The molecule has 0 saturated heterocycles. The van der Waals surface area contributed by atoms with Crippen LogP contribution in [0.4, 0.5) is 27.6 Å². The van der Waals surface area contributed by atoms with E-state index in [1.807, 2.05) is 0 Å². The Morgan fingerprint density at radius 3 is 2.07 bits per heavy atom. The van der Waals surface area contributed by atoms with E-state index in [2.05, 4.69) is 5.32 Å². The monoisotopic (exact) mass is 211 g/mol. The molecule has 0 bridgehead atoms. The van der Waals surface area contributed by atoms with Crippen LogP contribution in [0.2, 0.25) is 0 Å². The van der Waals surface area contributed by atoms with Crippen LogP contribution in [-0.2, 0) is 6.18 Å². The molecule has 14 heavy (non-hydrogen) atoms. The Labute approximate surface area is 76.5 Å². The van der Waals surface area contributed by atoms with Crippen molar-refractivity contribution in [3.8, 4) is 0 Å². The van der Waals surface area contributed by atoms with Gasteiger partial charge in [0.25, 0.3) is 0 Å². The van der Waals surface area contributed by atoms with Crippen LogP contribution in [0.5, 0.6) is 0 Å². The van der Waals surface area contributed by atoms with Gasteiger partial charge in [-0.05, 0) is 6.07 Å². The number of benzene rings is 1. The lowest BCUT2D eigenvalue weighted by atomic mass is 10.1. The molecule has 1 N–H and O–H groups in total. The molecule has 0 aliphatic rings. The maximum Gasteiger partial charge on any atom is 0.419 e. The van der Waals surface area contributed by atoms with E-state index < -0.39 is 23.4 Å². The Kier molecular flexibility index (Phi) is 2.64. The van der Waals surface area contributed by atoms with E-state index >= 15 is 0 Å². The van der Waals surface area contributed by atoms with Crippen LogP contribution in [0.3, 0.4) is 0 Å². The zero-order chi connectivity index (χ0) is 10.9. The van der Waals surface area contributed by atoms with E-state index in [4.69, 9.17) is 0 Å². The summed E-state index contributed by atoms with van der Waals surface area (Å²) in [5, 5.41) is 2.23. The van der Waals surface area contributed by atoms with Crippen LogP contribution in [-0.4, -0.2) is 7.05 Å². The number of alkyl halides is 3. The van der Waals surface area contributed by atoms with E-state index in [1.165, 1.54) is 7.05 Å². The normalized spacial score (nSPS) is 11.6. The van der Waals surface area contributed by atoms with Crippen LogP contribution in [0.1, 0.15) is 5.56 Å². The molecule has 0 heterocycles. The Hall–Kier alpha value is -1.33. The van der Waals surface area contributed by atoms with E-state index in [-0.39, 0.29) is 11.8 Å². The van der Waals surface area contributed by atoms with Gasteiger partial charge >= 0.3 is 6.18 Å². The predicted octanol–water partition coefficient (Wildman–Crippen LogP) is 3.03. The van der Waals surface area contributed by atoms with Gasteiger partial charge in [-0.2, -0.15) is 13.2 Å². The Morgan fingerprint density at radius 2 is 1.64 bits per heavy atom. The fraction of sp³-hybridized carbons (Fsp3) is 0.250. The molecule has 0 aliphatic heterocycles. The number of hydrogen-bond acceptors (Lipinski definition) is 1. The second-order valence-electron chi connectivity index (χ2n) is 2.56. The van der Waals surface area contributed by atoms with Crippen LogP contribution in [0.15, 0.2) is 12.1 Å². The van der Waals surface area contributed by atoms with Gasteiger partial charge in [0, 0.05) is 13.1 Å². The zero-order valence-electron chi connectivity index (χ0n) is 7.04. The van der Waals surface area contributed by atoms with Crippen molar-refractivity contribution in [3.05, 3.63) is 29.3 Å². The Bertz CT molecular complexity index is 344. The summed E-state index contributed by atoms with van der Waals surface area (Å²) in [7, 11) is 1.28.